The lowest BCUT2D eigenvalue weighted by atomic mass is 10.0. The molecule has 17 heavy (non-hydrogen) atoms. The quantitative estimate of drug-likeness (QED) is 0.808. The smallest absolute Gasteiger partial charge is 0.222 e. The second kappa shape index (κ2) is 5.83. The van der Waals surface area contributed by atoms with Crippen LogP contribution in [0.2, 0.25) is 0 Å². The monoisotopic (exact) mass is 240 g/mol. The number of hydrogen-bond donors (Lipinski definition) is 1. The minimum Gasteiger partial charge on any atom is -0.375 e. The maximum atomic E-state index is 12.0. The van der Waals surface area contributed by atoms with Crippen molar-refractivity contribution >= 4 is 5.91 Å². The van der Waals surface area contributed by atoms with E-state index < -0.39 is 0 Å². The summed E-state index contributed by atoms with van der Waals surface area (Å²) in [6.45, 7) is 3.78. The van der Waals surface area contributed by atoms with Gasteiger partial charge in [0, 0.05) is 25.6 Å². The van der Waals surface area contributed by atoms with Crippen LogP contribution >= 0.6 is 0 Å². The second-order valence-corrected chi connectivity index (χ2v) is 5.40. The maximum Gasteiger partial charge on any atom is 0.222 e. The molecule has 2 rings (SSSR count). The molecule has 0 aromatic rings. The first-order chi connectivity index (χ1) is 8.15. The number of amides is 1. The number of carbonyl (C=O) groups excluding carboxylic acids is 1. The molecule has 4 nitrogen and oxygen atoms in total. The largest absolute Gasteiger partial charge is 0.375 e. The topological polar surface area (TPSA) is 55.6 Å². The molecule has 2 unspecified atom stereocenters. The van der Waals surface area contributed by atoms with Crippen molar-refractivity contribution in [3.63, 3.8) is 0 Å². The van der Waals surface area contributed by atoms with Gasteiger partial charge in [0.15, 0.2) is 0 Å². The Labute approximate surface area is 103 Å². The molecule has 0 spiro atoms. The Bertz CT molecular complexity index is 262. The number of piperidine rings is 1. The molecule has 2 aliphatic heterocycles. The maximum absolute atomic E-state index is 12.0. The average molecular weight is 240 g/mol. The standard InChI is InChI=1S/C13H24N2O2/c1-10-2-3-12(17-10)4-5-13(16)15-8-6-11(14)7-9-15/h10-12H,2-9,14H2,1H3. The molecule has 2 N–H and O–H groups in total. The fraction of sp³-hybridized carbons (Fsp3) is 0.923. The van der Waals surface area contributed by atoms with Crippen LogP contribution in [0, 0.1) is 0 Å². The number of rotatable bonds is 3. The van der Waals surface area contributed by atoms with Gasteiger partial charge in [-0.25, -0.2) is 0 Å². The zero-order chi connectivity index (χ0) is 12.3. The normalized spacial score (nSPS) is 30.8. The SMILES string of the molecule is CC1CCC(CCC(=O)N2CCC(N)CC2)O1. The van der Waals surface area contributed by atoms with Gasteiger partial charge in [-0.2, -0.15) is 0 Å². The first kappa shape index (κ1) is 12.8. The van der Waals surface area contributed by atoms with E-state index in [2.05, 4.69) is 6.92 Å². The number of ether oxygens (including phenoxy) is 1. The Balaban J connectivity index is 1.67. The van der Waals surface area contributed by atoms with Crippen molar-refractivity contribution in [2.45, 2.75) is 63.7 Å². The summed E-state index contributed by atoms with van der Waals surface area (Å²) in [5, 5.41) is 0. The van der Waals surface area contributed by atoms with E-state index in [0.717, 1.165) is 45.2 Å². The van der Waals surface area contributed by atoms with Gasteiger partial charge in [0.05, 0.1) is 12.2 Å². The molecule has 0 radical (unpaired) electrons. The third-order valence-corrected chi connectivity index (χ3v) is 3.89. The molecule has 2 saturated heterocycles. The Hall–Kier alpha value is -0.610. The van der Waals surface area contributed by atoms with Gasteiger partial charge in [0.2, 0.25) is 5.91 Å². The molecular formula is C13H24N2O2. The van der Waals surface area contributed by atoms with E-state index >= 15 is 0 Å². The van der Waals surface area contributed by atoms with Gasteiger partial charge in [0.1, 0.15) is 0 Å². The molecule has 0 saturated carbocycles. The predicted molar refractivity (Wildman–Crippen MR) is 66.6 cm³/mol. The van der Waals surface area contributed by atoms with Crippen molar-refractivity contribution in [3.05, 3.63) is 0 Å². The number of hydrogen-bond acceptors (Lipinski definition) is 3. The number of likely N-dealkylation sites (tertiary alicyclic amines) is 1. The third kappa shape index (κ3) is 3.68. The van der Waals surface area contributed by atoms with Crippen LogP contribution in [0.1, 0.15) is 45.4 Å². The van der Waals surface area contributed by atoms with Crippen LogP contribution in [0.4, 0.5) is 0 Å². The first-order valence-electron chi connectivity index (χ1n) is 6.84. The number of nitrogens with two attached hydrogens (primary N) is 1. The second-order valence-electron chi connectivity index (χ2n) is 5.40. The van der Waals surface area contributed by atoms with Crippen molar-refractivity contribution in [1.82, 2.24) is 4.90 Å². The lowest BCUT2D eigenvalue weighted by Gasteiger charge is -2.30. The van der Waals surface area contributed by atoms with Gasteiger partial charge in [-0.15, -0.1) is 0 Å². The van der Waals surface area contributed by atoms with Gasteiger partial charge in [-0.1, -0.05) is 0 Å². The van der Waals surface area contributed by atoms with Gasteiger partial charge < -0.3 is 15.4 Å². The van der Waals surface area contributed by atoms with E-state index in [-0.39, 0.29) is 11.9 Å². The summed E-state index contributed by atoms with van der Waals surface area (Å²) in [6, 6.07) is 0.290. The summed E-state index contributed by atoms with van der Waals surface area (Å²) in [6.07, 6.45) is 6.34. The predicted octanol–water partition coefficient (Wildman–Crippen LogP) is 1.28. The summed E-state index contributed by atoms with van der Waals surface area (Å²) >= 11 is 0. The van der Waals surface area contributed by atoms with Crippen LogP contribution in [0.3, 0.4) is 0 Å². The lowest BCUT2D eigenvalue weighted by molar-refractivity contribution is -0.133. The van der Waals surface area contributed by atoms with Gasteiger partial charge in [-0.05, 0) is 39.0 Å². The number of nitrogens with zero attached hydrogens (tertiary/aromatic N) is 1. The Morgan fingerprint density at radius 2 is 2.00 bits per heavy atom. The summed E-state index contributed by atoms with van der Waals surface area (Å²) in [7, 11) is 0. The number of carbonyl (C=O) groups is 1. The summed E-state index contributed by atoms with van der Waals surface area (Å²) < 4.78 is 5.73. The van der Waals surface area contributed by atoms with E-state index in [9.17, 15) is 4.79 Å². The highest BCUT2D eigenvalue weighted by Gasteiger charge is 2.24. The van der Waals surface area contributed by atoms with Gasteiger partial charge in [-0.3, -0.25) is 4.79 Å². The van der Waals surface area contributed by atoms with Crippen LogP contribution in [0.15, 0.2) is 0 Å². The van der Waals surface area contributed by atoms with Crippen LogP contribution in [0.5, 0.6) is 0 Å². The molecular weight excluding hydrogens is 216 g/mol. The van der Waals surface area contributed by atoms with Crippen molar-refractivity contribution in [2.75, 3.05) is 13.1 Å². The third-order valence-electron chi connectivity index (χ3n) is 3.89. The highest BCUT2D eigenvalue weighted by atomic mass is 16.5. The molecule has 0 aliphatic carbocycles. The molecule has 2 fully saturated rings. The molecule has 2 atom stereocenters. The highest BCUT2D eigenvalue weighted by Crippen LogP contribution is 2.23. The lowest BCUT2D eigenvalue weighted by Crippen LogP contribution is -2.42. The first-order valence-corrected chi connectivity index (χ1v) is 6.84. The van der Waals surface area contributed by atoms with Crippen LogP contribution < -0.4 is 5.73 Å². The Morgan fingerprint density at radius 3 is 2.59 bits per heavy atom. The summed E-state index contributed by atoms with van der Waals surface area (Å²) in [4.78, 5) is 13.9. The van der Waals surface area contributed by atoms with E-state index in [1.807, 2.05) is 4.90 Å². The molecule has 98 valence electrons. The summed E-state index contributed by atoms with van der Waals surface area (Å²) in [5.74, 6) is 0.278. The molecule has 0 aromatic carbocycles. The molecule has 0 bridgehead atoms. The fourth-order valence-electron chi connectivity index (χ4n) is 2.69. The van der Waals surface area contributed by atoms with Crippen LogP contribution in [-0.4, -0.2) is 42.1 Å². The molecule has 0 aromatic heterocycles. The molecule has 2 aliphatic rings. The summed E-state index contributed by atoms with van der Waals surface area (Å²) in [5.41, 5.74) is 5.83. The van der Waals surface area contributed by atoms with Crippen LogP contribution in [-0.2, 0) is 9.53 Å². The highest BCUT2D eigenvalue weighted by molar-refractivity contribution is 5.76. The van der Waals surface area contributed by atoms with Crippen LogP contribution in [0.25, 0.3) is 0 Å². The Morgan fingerprint density at radius 1 is 1.29 bits per heavy atom. The molecule has 1 amide bonds. The van der Waals surface area contributed by atoms with Gasteiger partial charge in [0.25, 0.3) is 0 Å². The van der Waals surface area contributed by atoms with Crippen molar-refractivity contribution in [3.8, 4) is 0 Å². The van der Waals surface area contributed by atoms with E-state index in [1.54, 1.807) is 0 Å². The van der Waals surface area contributed by atoms with Crippen molar-refractivity contribution < 1.29 is 9.53 Å². The Kier molecular flexibility index (Phi) is 4.40. The zero-order valence-electron chi connectivity index (χ0n) is 10.7. The van der Waals surface area contributed by atoms with Gasteiger partial charge >= 0.3 is 0 Å². The van der Waals surface area contributed by atoms with Crippen molar-refractivity contribution in [1.29, 1.82) is 0 Å². The van der Waals surface area contributed by atoms with Crippen molar-refractivity contribution in [2.24, 2.45) is 5.73 Å². The minimum atomic E-state index is 0.278. The fourth-order valence-corrected chi connectivity index (χ4v) is 2.69. The zero-order valence-corrected chi connectivity index (χ0v) is 10.7. The average Bonchev–Trinajstić information content (AvgIpc) is 2.73. The van der Waals surface area contributed by atoms with E-state index in [0.29, 0.717) is 18.6 Å². The molecule has 2 heterocycles. The minimum absolute atomic E-state index is 0.278. The van der Waals surface area contributed by atoms with E-state index in [1.165, 1.54) is 0 Å². The van der Waals surface area contributed by atoms with E-state index in [4.69, 9.17) is 10.5 Å². The molecule has 4 heteroatoms.